The van der Waals surface area contributed by atoms with Crippen molar-refractivity contribution in [1.82, 2.24) is 5.32 Å². The van der Waals surface area contributed by atoms with Gasteiger partial charge in [0.1, 0.15) is 5.75 Å². The summed E-state index contributed by atoms with van der Waals surface area (Å²) in [6.45, 7) is 0.594. The van der Waals surface area contributed by atoms with Crippen molar-refractivity contribution in [3.8, 4) is 5.75 Å². The van der Waals surface area contributed by atoms with Gasteiger partial charge in [-0.1, -0.05) is 18.9 Å². The average Bonchev–Trinajstić information content (AvgIpc) is 2.80. The van der Waals surface area contributed by atoms with Crippen LogP contribution in [0.2, 0.25) is 0 Å². The van der Waals surface area contributed by atoms with Crippen LogP contribution in [0.1, 0.15) is 41.6 Å². The molecule has 0 amide bonds. The Labute approximate surface area is 100 Å². The molecule has 1 aromatic rings. The molecular weight excluding hydrogens is 218 g/mol. The Balaban J connectivity index is 1.98. The summed E-state index contributed by atoms with van der Waals surface area (Å²) in [5.74, 6) is -0.967. The zero-order valence-electron chi connectivity index (χ0n) is 9.65. The molecule has 4 heteroatoms. The van der Waals surface area contributed by atoms with Crippen molar-refractivity contribution in [2.45, 2.75) is 38.3 Å². The first-order valence-corrected chi connectivity index (χ1v) is 5.95. The second-order valence-corrected chi connectivity index (χ2v) is 4.51. The van der Waals surface area contributed by atoms with Crippen LogP contribution in [0.3, 0.4) is 0 Å². The molecule has 0 aromatic heterocycles. The van der Waals surface area contributed by atoms with E-state index in [1.165, 1.54) is 37.8 Å². The fourth-order valence-corrected chi connectivity index (χ4v) is 2.23. The molecule has 0 unspecified atom stereocenters. The van der Waals surface area contributed by atoms with Crippen LogP contribution in [0, 0.1) is 0 Å². The summed E-state index contributed by atoms with van der Waals surface area (Å²) in [4.78, 5) is 10.7. The van der Waals surface area contributed by atoms with Crippen LogP contribution < -0.4 is 5.32 Å². The molecular formula is C13H17NO3. The highest BCUT2D eigenvalue weighted by molar-refractivity contribution is 5.88. The molecule has 0 saturated heterocycles. The van der Waals surface area contributed by atoms with Crippen molar-refractivity contribution in [2.75, 3.05) is 0 Å². The first-order valence-electron chi connectivity index (χ1n) is 5.95. The smallest absolute Gasteiger partial charge is 0.335 e. The predicted molar refractivity (Wildman–Crippen MR) is 64.2 cm³/mol. The molecule has 4 nitrogen and oxygen atoms in total. The van der Waals surface area contributed by atoms with Crippen LogP contribution in [0.25, 0.3) is 0 Å². The second kappa shape index (κ2) is 5.19. The standard InChI is InChI=1S/C13H17NO3/c15-12-7-9(13(16)17)5-6-10(12)8-14-11-3-1-2-4-11/h5-7,11,14-15H,1-4,8H2,(H,16,17). The molecule has 0 radical (unpaired) electrons. The van der Waals surface area contributed by atoms with Gasteiger partial charge in [-0.2, -0.15) is 0 Å². The Bertz CT molecular complexity index is 411. The van der Waals surface area contributed by atoms with Crippen LogP contribution in [-0.4, -0.2) is 22.2 Å². The Morgan fingerprint density at radius 1 is 1.35 bits per heavy atom. The van der Waals surface area contributed by atoms with Crippen LogP contribution in [0.15, 0.2) is 18.2 Å². The highest BCUT2D eigenvalue weighted by Gasteiger charge is 2.15. The summed E-state index contributed by atoms with van der Waals surface area (Å²) in [6, 6.07) is 5.02. The maximum Gasteiger partial charge on any atom is 0.335 e. The summed E-state index contributed by atoms with van der Waals surface area (Å²) < 4.78 is 0. The molecule has 1 saturated carbocycles. The van der Waals surface area contributed by atoms with E-state index in [2.05, 4.69) is 5.32 Å². The summed E-state index contributed by atoms with van der Waals surface area (Å²) in [7, 11) is 0. The number of hydrogen-bond donors (Lipinski definition) is 3. The van der Waals surface area contributed by atoms with Gasteiger partial charge >= 0.3 is 5.97 Å². The topological polar surface area (TPSA) is 69.6 Å². The lowest BCUT2D eigenvalue weighted by atomic mass is 10.1. The largest absolute Gasteiger partial charge is 0.508 e. The lowest BCUT2D eigenvalue weighted by Gasteiger charge is -2.12. The van der Waals surface area contributed by atoms with Gasteiger partial charge in [0, 0.05) is 18.2 Å². The van der Waals surface area contributed by atoms with E-state index in [1.54, 1.807) is 6.07 Å². The normalized spacial score (nSPS) is 16.2. The molecule has 3 N–H and O–H groups in total. The number of aromatic carboxylic acids is 1. The highest BCUT2D eigenvalue weighted by atomic mass is 16.4. The zero-order valence-corrected chi connectivity index (χ0v) is 9.65. The Morgan fingerprint density at radius 2 is 2.06 bits per heavy atom. The number of carboxylic acids is 1. The van der Waals surface area contributed by atoms with Gasteiger partial charge in [0.2, 0.25) is 0 Å². The zero-order chi connectivity index (χ0) is 12.3. The van der Waals surface area contributed by atoms with E-state index < -0.39 is 5.97 Å². The number of rotatable bonds is 4. The van der Waals surface area contributed by atoms with Crippen molar-refractivity contribution in [1.29, 1.82) is 0 Å². The summed E-state index contributed by atoms with van der Waals surface area (Å²) in [5.41, 5.74) is 0.869. The number of nitrogens with one attached hydrogen (secondary N) is 1. The average molecular weight is 235 g/mol. The van der Waals surface area contributed by atoms with Gasteiger partial charge in [0.25, 0.3) is 0 Å². The number of benzene rings is 1. The number of hydrogen-bond acceptors (Lipinski definition) is 3. The van der Waals surface area contributed by atoms with Gasteiger partial charge in [-0.25, -0.2) is 4.79 Å². The number of carboxylic acid groups (broad SMARTS) is 1. The van der Waals surface area contributed by atoms with E-state index in [0.29, 0.717) is 12.6 Å². The first-order chi connectivity index (χ1) is 8.16. The second-order valence-electron chi connectivity index (χ2n) is 4.51. The molecule has 2 rings (SSSR count). The molecule has 0 atom stereocenters. The number of carbonyl (C=O) groups is 1. The van der Waals surface area contributed by atoms with Crippen LogP contribution in [0.5, 0.6) is 5.75 Å². The van der Waals surface area contributed by atoms with Crippen LogP contribution in [0.4, 0.5) is 0 Å². The molecule has 1 fully saturated rings. The number of phenolic OH excluding ortho intramolecular Hbond substituents is 1. The number of aromatic hydroxyl groups is 1. The van der Waals surface area contributed by atoms with Gasteiger partial charge in [0.15, 0.2) is 0 Å². The summed E-state index contributed by atoms with van der Waals surface area (Å²) >= 11 is 0. The fraction of sp³-hybridized carbons (Fsp3) is 0.462. The highest BCUT2D eigenvalue weighted by Crippen LogP contribution is 2.21. The lowest BCUT2D eigenvalue weighted by Crippen LogP contribution is -2.25. The number of phenols is 1. The van der Waals surface area contributed by atoms with E-state index >= 15 is 0 Å². The molecule has 1 aliphatic rings. The van der Waals surface area contributed by atoms with E-state index in [4.69, 9.17) is 5.11 Å². The van der Waals surface area contributed by atoms with Crippen molar-refractivity contribution in [2.24, 2.45) is 0 Å². The molecule has 0 bridgehead atoms. The maximum atomic E-state index is 10.7. The van der Waals surface area contributed by atoms with Crippen LogP contribution in [-0.2, 0) is 6.54 Å². The summed E-state index contributed by atoms with van der Waals surface area (Å²) in [5, 5.41) is 21.9. The van der Waals surface area contributed by atoms with E-state index in [0.717, 1.165) is 5.56 Å². The van der Waals surface area contributed by atoms with E-state index in [-0.39, 0.29) is 11.3 Å². The van der Waals surface area contributed by atoms with E-state index in [9.17, 15) is 9.90 Å². The minimum absolute atomic E-state index is 0.0513. The van der Waals surface area contributed by atoms with Gasteiger partial charge < -0.3 is 15.5 Å². The molecule has 92 valence electrons. The Hall–Kier alpha value is -1.55. The SMILES string of the molecule is O=C(O)c1ccc(CNC2CCCC2)c(O)c1. The molecule has 0 spiro atoms. The Morgan fingerprint density at radius 3 is 2.65 bits per heavy atom. The van der Waals surface area contributed by atoms with Crippen LogP contribution >= 0.6 is 0 Å². The molecule has 17 heavy (non-hydrogen) atoms. The summed E-state index contributed by atoms with van der Waals surface area (Å²) in [6.07, 6.45) is 4.91. The third kappa shape index (κ3) is 2.97. The third-order valence-electron chi connectivity index (χ3n) is 3.27. The van der Waals surface area contributed by atoms with Crippen molar-refractivity contribution < 1.29 is 15.0 Å². The van der Waals surface area contributed by atoms with Crippen molar-refractivity contribution in [3.05, 3.63) is 29.3 Å². The Kier molecular flexibility index (Phi) is 3.64. The fourth-order valence-electron chi connectivity index (χ4n) is 2.23. The van der Waals surface area contributed by atoms with Gasteiger partial charge in [0.05, 0.1) is 5.56 Å². The lowest BCUT2D eigenvalue weighted by molar-refractivity contribution is 0.0696. The third-order valence-corrected chi connectivity index (χ3v) is 3.27. The van der Waals surface area contributed by atoms with Crippen molar-refractivity contribution >= 4 is 5.97 Å². The van der Waals surface area contributed by atoms with Gasteiger partial charge in [-0.05, 0) is 25.0 Å². The van der Waals surface area contributed by atoms with Gasteiger partial charge in [-0.3, -0.25) is 0 Å². The minimum atomic E-state index is -1.02. The van der Waals surface area contributed by atoms with Gasteiger partial charge in [-0.15, -0.1) is 0 Å². The van der Waals surface area contributed by atoms with Crippen molar-refractivity contribution in [3.63, 3.8) is 0 Å². The molecule has 1 aromatic carbocycles. The maximum absolute atomic E-state index is 10.7. The predicted octanol–water partition coefficient (Wildman–Crippen LogP) is 2.12. The van der Waals surface area contributed by atoms with E-state index in [1.807, 2.05) is 0 Å². The quantitative estimate of drug-likeness (QED) is 0.747. The molecule has 0 aliphatic heterocycles. The molecule has 1 aliphatic carbocycles. The monoisotopic (exact) mass is 235 g/mol. The first kappa shape index (κ1) is 11.9. The molecule has 0 heterocycles. The minimum Gasteiger partial charge on any atom is -0.508 e.